The van der Waals surface area contributed by atoms with Crippen molar-refractivity contribution in [2.75, 3.05) is 29.5 Å². The van der Waals surface area contributed by atoms with Crippen molar-refractivity contribution in [3.05, 3.63) is 16.5 Å². The molecule has 82 valence electrons. The molecular formula is C9H11Cl2N3S. The third-order valence-electron chi connectivity index (χ3n) is 2.22. The van der Waals surface area contributed by atoms with E-state index in [1.54, 1.807) is 6.20 Å². The highest BCUT2D eigenvalue weighted by Gasteiger charge is 2.15. The molecule has 6 heteroatoms. The van der Waals surface area contributed by atoms with Crippen molar-refractivity contribution in [3.63, 3.8) is 0 Å². The second kappa shape index (κ2) is 5.23. The Morgan fingerprint density at radius 3 is 3.00 bits per heavy atom. The summed E-state index contributed by atoms with van der Waals surface area (Å²) in [7, 11) is 0. The molecule has 1 aromatic heterocycles. The molecule has 0 N–H and O–H groups in total. The SMILES string of the molecule is Clc1ncc(Cl)c(N2CCCSCC2)n1. The molecule has 3 nitrogen and oxygen atoms in total. The first-order chi connectivity index (χ1) is 7.27. The second-order valence-electron chi connectivity index (χ2n) is 3.26. The molecule has 1 aliphatic rings. The summed E-state index contributed by atoms with van der Waals surface area (Å²) >= 11 is 13.8. The first-order valence-corrected chi connectivity index (χ1v) is 6.69. The van der Waals surface area contributed by atoms with Crippen LogP contribution in [0.1, 0.15) is 6.42 Å². The molecule has 1 saturated heterocycles. The molecule has 0 radical (unpaired) electrons. The van der Waals surface area contributed by atoms with Crippen LogP contribution < -0.4 is 4.90 Å². The van der Waals surface area contributed by atoms with Crippen molar-refractivity contribution in [2.45, 2.75) is 6.42 Å². The van der Waals surface area contributed by atoms with Gasteiger partial charge in [0.1, 0.15) is 5.02 Å². The summed E-state index contributed by atoms with van der Waals surface area (Å²) in [6.45, 7) is 1.96. The molecule has 0 aromatic carbocycles. The van der Waals surface area contributed by atoms with Gasteiger partial charge in [-0.3, -0.25) is 0 Å². The van der Waals surface area contributed by atoms with Crippen molar-refractivity contribution < 1.29 is 0 Å². The summed E-state index contributed by atoms with van der Waals surface area (Å²) in [6, 6.07) is 0. The Labute approximate surface area is 103 Å². The molecule has 0 spiro atoms. The van der Waals surface area contributed by atoms with Crippen LogP contribution in [0.25, 0.3) is 0 Å². The Kier molecular flexibility index (Phi) is 3.94. The number of thioether (sulfide) groups is 1. The van der Waals surface area contributed by atoms with Gasteiger partial charge in [-0.2, -0.15) is 16.7 Å². The van der Waals surface area contributed by atoms with E-state index in [2.05, 4.69) is 14.9 Å². The first-order valence-electron chi connectivity index (χ1n) is 4.78. The van der Waals surface area contributed by atoms with E-state index in [1.165, 1.54) is 5.75 Å². The molecule has 0 atom stereocenters. The highest BCUT2D eigenvalue weighted by molar-refractivity contribution is 7.99. The van der Waals surface area contributed by atoms with E-state index in [1.807, 2.05) is 11.8 Å². The standard InChI is InChI=1S/C9H11Cl2N3S/c10-7-6-12-9(11)13-8(7)14-2-1-4-15-5-3-14/h6H,1-5H2. The van der Waals surface area contributed by atoms with Gasteiger partial charge < -0.3 is 4.90 Å². The van der Waals surface area contributed by atoms with Gasteiger partial charge in [0, 0.05) is 18.8 Å². The molecule has 0 aliphatic carbocycles. The number of nitrogens with zero attached hydrogens (tertiary/aromatic N) is 3. The number of rotatable bonds is 1. The Bertz CT molecular complexity index is 340. The molecule has 0 bridgehead atoms. The summed E-state index contributed by atoms with van der Waals surface area (Å²) in [4.78, 5) is 10.2. The predicted molar refractivity (Wildman–Crippen MR) is 66.2 cm³/mol. The number of hydrogen-bond donors (Lipinski definition) is 0. The highest BCUT2D eigenvalue weighted by atomic mass is 35.5. The lowest BCUT2D eigenvalue weighted by molar-refractivity contribution is 0.799. The normalized spacial score (nSPS) is 17.6. The maximum absolute atomic E-state index is 6.05. The average molecular weight is 264 g/mol. The van der Waals surface area contributed by atoms with Crippen LogP contribution in [0.4, 0.5) is 5.82 Å². The predicted octanol–water partition coefficient (Wildman–Crippen LogP) is 2.73. The quantitative estimate of drug-likeness (QED) is 0.729. The largest absolute Gasteiger partial charge is 0.354 e. The monoisotopic (exact) mass is 263 g/mol. The van der Waals surface area contributed by atoms with Crippen LogP contribution in [0.15, 0.2) is 6.20 Å². The summed E-state index contributed by atoms with van der Waals surface area (Å²) in [5.74, 6) is 3.07. The second-order valence-corrected chi connectivity index (χ2v) is 5.23. The van der Waals surface area contributed by atoms with E-state index in [4.69, 9.17) is 23.2 Å². The molecule has 1 aromatic rings. The van der Waals surface area contributed by atoms with Crippen molar-refractivity contribution in [3.8, 4) is 0 Å². The molecule has 2 heterocycles. The van der Waals surface area contributed by atoms with Gasteiger partial charge in [0.25, 0.3) is 0 Å². The van der Waals surface area contributed by atoms with Gasteiger partial charge in [0.05, 0.1) is 6.20 Å². The third kappa shape index (κ3) is 2.89. The molecule has 2 rings (SSSR count). The van der Waals surface area contributed by atoms with Gasteiger partial charge >= 0.3 is 0 Å². The van der Waals surface area contributed by atoms with Crippen molar-refractivity contribution in [1.29, 1.82) is 0 Å². The zero-order valence-corrected chi connectivity index (χ0v) is 10.4. The molecule has 1 aliphatic heterocycles. The molecule has 0 amide bonds. The topological polar surface area (TPSA) is 29.0 Å². The highest BCUT2D eigenvalue weighted by Crippen LogP contribution is 2.25. The zero-order valence-electron chi connectivity index (χ0n) is 8.12. The first kappa shape index (κ1) is 11.3. The third-order valence-corrected chi connectivity index (χ3v) is 3.72. The number of hydrogen-bond acceptors (Lipinski definition) is 4. The van der Waals surface area contributed by atoms with Gasteiger partial charge in [0.15, 0.2) is 5.82 Å². The van der Waals surface area contributed by atoms with E-state index < -0.39 is 0 Å². The molecular weight excluding hydrogens is 253 g/mol. The van der Waals surface area contributed by atoms with E-state index in [0.29, 0.717) is 5.02 Å². The summed E-state index contributed by atoms with van der Waals surface area (Å²) < 4.78 is 0. The lowest BCUT2D eigenvalue weighted by atomic mass is 10.4. The van der Waals surface area contributed by atoms with E-state index >= 15 is 0 Å². The number of anilines is 1. The Morgan fingerprint density at radius 2 is 2.13 bits per heavy atom. The molecule has 15 heavy (non-hydrogen) atoms. The van der Waals surface area contributed by atoms with Gasteiger partial charge in [-0.1, -0.05) is 11.6 Å². The lowest BCUT2D eigenvalue weighted by Gasteiger charge is -2.21. The fourth-order valence-corrected chi connectivity index (χ4v) is 2.74. The molecule has 0 unspecified atom stereocenters. The van der Waals surface area contributed by atoms with Crippen LogP contribution in [-0.2, 0) is 0 Å². The Morgan fingerprint density at radius 1 is 1.27 bits per heavy atom. The van der Waals surface area contributed by atoms with Crippen molar-refractivity contribution in [2.24, 2.45) is 0 Å². The maximum Gasteiger partial charge on any atom is 0.224 e. The van der Waals surface area contributed by atoms with Crippen LogP contribution in [0.3, 0.4) is 0 Å². The lowest BCUT2D eigenvalue weighted by Crippen LogP contribution is -2.26. The number of aromatic nitrogens is 2. The fourth-order valence-electron chi connectivity index (χ4n) is 1.52. The van der Waals surface area contributed by atoms with E-state index in [9.17, 15) is 0 Å². The van der Waals surface area contributed by atoms with Crippen LogP contribution >= 0.6 is 35.0 Å². The van der Waals surface area contributed by atoms with Crippen LogP contribution in [0.2, 0.25) is 10.3 Å². The van der Waals surface area contributed by atoms with Crippen LogP contribution in [0, 0.1) is 0 Å². The van der Waals surface area contributed by atoms with Gasteiger partial charge in [-0.25, -0.2) is 4.98 Å². The van der Waals surface area contributed by atoms with Gasteiger partial charge in [-0.05, 0) is 23.8 Å². The smallest absolute Gasteiger partial charge is 0.224 e. The van der Waals surface area contributed by atoms with Gasteiger partial charge in [-0.15, -0.1) is 0 Å². The molecule has 1 fully saturated rings. The fraction of sp³-hybridized carbons (Fsp3) is 0.556. The zero-order chi connectivity index (χ0) is 10.7. The minimum absolute atomic E-state index is 0.256. The average Bonchev–Trinajstić information content (AvgIpc) is 2.50. The Balaban J connectivity index is 2.22. The minimum atomic E-state index is 0.256. The van der Waals surface area contributed by atoms with Crippen molar-refractivity contribution >= 4 is 40.8 Å². The van der Waals surface area contributed by atoms with Crippen LogP contribution in [-0.4, -0.2) is 34.6 Å². The summed E-state index contributed by atoms with van der Waals surface area (Å²) in [5.41, 5.74) is 0. The summed E-state index contributed by atoms with van der Waals surface area (Å²) in [5, 5.41) is 0.831. The molecule has 0 saturated carbocycles. The van der Waals surface area contributed by atoms with Gasteiger partial charge in [0.2, 0.25) is 5.28 Å². The van der Waals surface area contributed by atoms with Crippen molar-refractivity contribution in [1.82, 2.24) is 9.97 Å². The van der Waals surface area contributed by atoms with E-state index in [-0.39, 0.29) is 5.28 Å². The maximum atomic E-state index is 6.05. The Hall–Kier alpha value is -0.190. The summed E-state index contributed by atoms with van der Waals surface area (Å²) in [6.07, 6.45) is 2.72. The minimum Gasteiger partial charge on any atom is -0.354 e. The van der Waals surface area contributed by atoms with E-state index in [0.717, 1.165) is 31.1 Å². The number of halogens is 2. The van der Waals surface area contributed by atoms with Crippen LogP contribution in [0.5, 0.6) is 0 Å².